The van der Waals surface area contributed by atoms with Gasteiger partial charge < -0.3 is 9.30 Å². The van der Waals surface area contributed by atoms with Gasteiger partial charge in [-0.15, -0.1) is 0 Å². The van der Waals surface area contributed by atoms with Crippen LogP contribution in [0.4, 0.5) is 0 Å². The second-order valence-corrected chi connectivity index (χ2v) is 7.09. The van der Waals surface area contributed by atoms with Crippen molar-refractivity contribution < 1.29 is 9.53 Å². The van der Waals surface area contributed by atoms with Gasteiger partial charge in [0.05, 0.1) is 17.5 Å². The molecule has 0 saturated heterocycles. The second kappa shape index (κ2) is 9.59. The van der Waals surface area contributed by atoms with Crippen LogP contribution in [0.25, 0.3) is 5.69 Å². The third kappa shape index (κ3) is 5.08. The van der Waals surface area contributed by atoms with Gasteiger partial charge in [-0.25, -0.2) is 5.43 Å². The van der Waals surface area contributed by atoms with Crippen LogP contribution in [-0.2, 0) is 6.61 Å². The molecule has 154 valence electrons. The molecule has 1 N–H and O–H groups in total. The van der Waals surface area contributed by atoms with Gasteiger partial charge in [0.1, 0.15) is 12.4 Å². The van der Waals surface area contributed by atoms with Gasteiger partial charge in [-0.3, -0.25) is 4.79 Å². The third-order valence-corrected chi connectivity index (χ3v) is 4.92. The van der Waals surface area contributed by atoms with Gasteiger partial charge in [0, 0.05) is 12.4 Å². The first-order chi connectivity index (χ1) is 15.2. The van der Waals surface area contributed by atoms with Crippen molar-refractivity contribution >= 4 is 12.1 Å². The number of amides is 1. The van der Waals surface area contributed by atoms with Crippen LogP contribution >= 0.6 is 0 Å². The molecular weight excluding hydrogens is 386 g/mol. The Morgan fingerprint density at radius 1 is 0.968 bits per heavy atom. The largest absolute Gasteiger partial charge is 0.489 e. The molecule has 0 radical (unpaired) electrons. The van der Waals surface area contributed by atoms with Gasteiger partial charge in [-0.1, -0.05) is 48.5 Å². The molecule has 0 aliphatic carbocycles. The lowest BCUT2D eigenvalue weighted by molar-refractivity contribution is 0.0955. The molecule has 1 amide bonds. The second-order valence-electron chi connectivity index (χ2n) is 7.09. The zero-order valence-corrected chi connectivity index (χ0v) is 17.2. The molecule has 31 heavy (non-hydrogen) atoms. The lowest BCUT2D eigenvalue weighted by atomic mass is 10.1. The Morgan fingerprint density at radius 3 is 2.58 bits per heavy atom. The van der Waals surface area contributed by atoms with Crippen LogP contribution in [0.3, 0.4) is 0 Å². The Balaban J connectivity index is 1.40. The molecule has 0 fully saturated rings. The number of rotatable bonds is 7. The molecule has 3 aromatic carbocycles. The molecule has 1 heterocycles. The van der Waals surface area contributed by atoms with E-state index in [1.165, 1.54) is 5.56 Å². The minimum Gasteiger partial charge on any atom is -0.489 e. The first kappa shape index (κ1) is 20.2. The number of para-hydroxylation sites is 1. The molecule has 5 heteroatoms. The summed E-state index contributed by atoms with van der Waals surface area (Å²) in [5.74, 6) is 0.476. The van der Waals surface area contributed by atoms with Crippen molar-refractivity contribution in [2.75, 3.05) is 0 Å². The first-order valence-electron chi connectivity index (χ1n) is 10.0. The van der Waals surface area contributed by atoms with Crippen molar-refractivity contribution in [2.24, 2.45) is 5.10 Å². The maximum absolute atomic E-state index is 12.6. The van der Waals surface area contributed by atoms with Crippen molar-refractivity contribution in [1.82, 2.24) is 9.99 Å². The predicted molar refractivity (Wildman–Crippen MR) is 123 cm³/mol. The summed E-state index contributed by atoms with van der Waals surface area (Å²) in [6, 6.07) is 27.0. The number of nitrogens with one attached hydrogen (secondary N) is 1. The molecule has 4 rings (SSSR count). The van der Waals surface area contributed by atoms with Crippen LogP contribution in [0, 0.1) is 6.92 Å². The van der Waals surface area contributed by atoms with Crippen LogP contribution in [-0.4, -0.2) is 16.7 Å². The highest BCUT2D eigenvalue weighted by molar-refractivity contribution is 5.98. The summed E-state index contributed by atoms with van der Waals surface area (Å²) >= 11 is 0. The third-order valence-electron chi connectivity index (χ3n) is 4.92. The molecule has 0 unspecified atom stereocenters. The van der Waals surface area contributed by atoms with Gasteiger partial charge in [0.2, 0.25) is 0 Å². The van der Waals surface area contributed by atoms with E-state index in [0.717, 1.165) is 22.6 Å². The van der Waals surface area contributed by atoms with E-state index in [1.807, 2.05) is 83.7 Å². The van der Waals surface area contributed by atoms with E-state index in [9.17, 15) is 4.79 Å². The predicted octanol–water partition coefficient (Wildman–Crippen LogP) is 5.13. The van der Waals surface area contributed by atoms with Gasteiger partial charge in [0.25, 0.3) is 5.91 Å². The highest BCUT2D eigenvalue weighted by Gasteiger charge is 2.11. The van der Waals surface area contributed by atoms with Crippen LogP contribution in [0.5, 0.6) is 5.75 Å². The van der Waals surface area contributed by atoms with E-state index in [0.29, 0.717) is 12.2 Å². The summed E-state index contributed by atoms with van der Waals surface area (Å²) in [5.41, 5.74) is 7.14. The Labute approximate surface area is 181 Å². The monoisotopic (exact) mass is 409 g/mol. The van der Waals surface area contributed by atoms with Gasteiger partial charge in [0.15, 0.2) is 0 Å². The normalized spacial score (nSPS) is 10.9. The fourth-order valence-corrected chi connectivity index (χ4v) is 3.23. The summed E-state index contributed by atoms with van der Waals surface area (Å²) in [4.78, 5) is 12.6. The Hall–Kier alpha value is -4.12. The van der Waals surface area contributed by atoms with Gasteiger partial charge >= 0.3 is 0 Å². The quantitative estimate of drug-likeness (QED) is 0.340. The van der Waals surface area contributed by atoms with Crippen LogP contribution in [0.15, 0.2) is 102 Å². The molecule has 4 aromatic rings. The van der Waals surface area contributed by atoms with Crippen molar-refractivity contribution in [2.45, 2.75) is 13.5 Å². The smallest absolute Gasteiger partial charge is 0.273 e. The highest BCUT2D eigenvalue weighted by atomic mass is 16.5. The summed E-state index contributed by atoms with van der Waals surface area (Å²) < 4.78 is 7.81. The maximum Gasteiger partial charge on any atom is 0.273 e. The summed E-state index contributed by atoms with van der Waals surface area (Å²) in [6.45, 7) is 2.57. The molecule has 0 aliphatic rings. The number of aromatic nitrogens is 1. The van der Waals surface area contributed by atoms with E-state index >= 15 is 0 Å². The lowest BCUT2D eigenvalue weighted by Gasteiger charge is -2.09. The average Bonchev–Trinajstić information content (AvgIpc) is 3.34. The van der Waals surface area contributed by atoms with Crippen molar-refractivity contribution in [3.8, 4) is 11.4 Å². The first-order valence-corrected chi connectivity index (χ1v) is 10.0. The zero-order chi connectivity index (χ0) is 21.5. The summed E-state index contributed by atoms with van der Waals surface area (Å²) in [7, 11) is 0. The number of hydrogen-bond acceptors (Lipinski definition) is 3. The van der Waals surface area contributed by atoms with Crippen molar-refractivity contribution in [3.05, 3.63) is 120 Å². The summed E-state index contributed by atoms with van der Waals surface area (Å²) in [5, 5.41) is 4.12. The molecule has 0 bridgehead atoms. The molecule has 0 saturated carbocycles. The van der Waals surface area contributed by atoms with Crippen LogP contribution in [0.2, 0.25) is 0 Å². The SMILES string of the molecule is Cc1ccccc1COc1cccc(/C=N/NC(=O)c2ccccc2-n2cccc2)c1. The Morgan fingerprint density at radius 2 is 1.74 bits per heavy atom. The van der Waals surface area contributed by atoms with E-state index in [-0.39, 0.29) is 5.91 Å². The fraction of sp³-hybridized carbons (Fsp3) is 0.0769. The van der Waals surface area contributed by atoms with Gasteiger partial charge in [-0.05, 0) is 60.0 Å². The Bertz CT molecular complexity index is 1200. The van der Waals surface area contributed by atoms with E-state index < -0.39 is 0 Å². The molecule has 5 nitrogen and oxygen atoms in total. The van der Waals surface area contributed by atoms with E-state index in [4.69, 9.17) is 4.74 Å². The topological polar surface area (TPSA) is 55.6 Å². The maximum atomic E-state index is 12.6. The van der Waals surface area contributed by atoms with E-state index in [2.05, 4.69) is 29.6 Å². The minimum absolute atomic E-state index is 0.271. The molecule has 1 aromatic heterocycles. The lowest BCUT2D eigenvalue weighted by Crippen LogP contribution is -2.19. The van der Waals surface area contributed by atoms with Crippen LogP contribution in [0.1, 0.15) is 27.0 Å². The zero-order valence-electron chi connectivity index (χ0n) is 17.2. The minimum atomic E-state index is -0.271. The molecule has 0 aliphatic heterocycles. The highest BCUT2D eigenvalue weighted by Crippen LogP contribution is 2.17. The molecule has 0 spiro atoms. The number of aryl methyl sites for hydroxylation is 1. The summed E-state index contributed by atoms with van der Waals surface area (Å²) in [6.07, 6.45) is 5.41. The van der Waals surface area contributed by atoms with E-state index in [1.54, 1.807) is 12.3 Å². The standard InChI is InChI=1S/C26H23N3O2/c1-20-9-2-3-11-22(20)19-31-23-12-8-10-21(17-23)18-27-28-26(30)24-13-4-5-14-25(24)29-15-6-7-16-29/h2-18H,19H2,1H3,(H,28,30)/b27-18+. The molecular formula is C26H23N3O2. The van der Waals surface area contributed by atoms with Crippen molar-refractivity contribution in [3.63, 3.8) is 0 Å². The Kier molecular flexibility index (Phi) is 6.24. The number of ether oxygens (including phenoxy) is 1. The number of hydrogen-bond donors (Lipinski definition) is 1. The van der Waals surface area contributed by atoms with Crippen molar-refractivity contribution in [1.29, 1.82) is 0 Å². The number of carbonyl (C=O) groups excluding carboxylic acids is 1. The molecule has 0 atom stereocenters. The number of benzene rings is 3. The fourth-order valence-electron chi connectivity index (χ4n) is 3.23. The van der Waals surface area contributed by atoms with Gasteiger partial charge in [-0.2, -0.15) is 5.10 Å². The average molecular weight is 409 g/mol. The van der Waals surface area contributed by atoms with Crippen LogP contribution < -0.4 is 10.2 Å². The number of carbonyl (C=O) groups is 1. The number of nitrogens with zero attached hydrogens (tertiary/aromatic N) is 2. The number of hydrazone groups is 1.